The van der Waals surface area contributed by atoms with Crippen molar-refractivity contribution in [3.05, 3.63) is 0 Å². The summed E-state index contributed by atoms with van der Waals surface area (Å²) in [5, 5.41) is 11.8. The van der Waals surface area contributed by atoms with Crippen LogP contribution in [0, 0.1) is 5.92 Å². The van der Waals surface area contributed by atoms with Gasteiger partial charge < -0.3 is 10.2 Å². The Hall–Kier alpha value is -0.610. The molecule has 14 heavy (non-hydrogen) atoms. The Labute approximate surface area is 84.6 Å². The molecule has 0 aliphatic carbocycles. The molecule has 1 aliphatic rings. The topological polar surface area (TPSA) is 58.6 Å². The minimum atomic E-state index is -0.521. The Morgan fingerprint density at radius 2 is 1.71 bits per heavy atom. The molecule has 0 saturated carbocycles. The van der Waals surface area contributed by atoms with E-state index in [1.165, 1.54) is 0 Å². The van der Waals surface area contributed by atoms with Gasteiger partial charge in [0.25, 0.3) is 0 Å². The molecule has 0 bridgehead atoms. The first-order valence-corrected chi connectivity index (χ1v) is 4.90. The molecule has 1 rings (SSSR count). The van der Waals surface area contributed by atoms with Crippen LogP contribution in [0.5, 0.6) is 0 Å². The number of piperidine rings is 1. The number of rotatable bonds is 1. The highest BCUT2D eigenvalue weighted by Gasteiger charge is 2.41. The maximum atomic E-state index is 11.2. The molecule has 0 aromatic carbocycles. The Bertz CT molecular complexity index is 220. The van der Waals surface area contributed by atoms with Crippen LogP contribution in [0.4, 0.5) is 0 Å². The van der Waals surface area contributed by atoms with Gasteiger partial charge in [-0.1, -0.05) is 0 Å². The Morgan fingerprint density at radius 3 is 2.07 bits per heavy atom. The molecule has 1 heterocycles. The third kappa shape index (κ3) is 2.69. The van der Waals surface area contributed by atoms with E-state index in [0.29, 0.717) is 12.8 Å². The average molecular weight is 201 g/mol. The first-order chi connectivity index (χ1) is 6.26. The quantitative estimate of drug-likeness (QED) is 0.499. The number of hydrogen-bond acceptors (Lipinski definition) is 4. The van der Waals surface area contributed by atoms with E-state index in [-0.39, 0.29) is 17.0 Å². The molecule has 1 fully saturated rings. The van der Waals surface area contributed by atoms with Gasteiger partial charge in [0.15, 0.2) is 0 Å². The van der Waals surface area contributed by atoms with Crippen LogP contribution >= 0.6 is 0 Å². The fourth-order valence-electron chi connectivity index (χ4n) is 2.56. The van der Waals surface area contributed by atoms with Crippen LogP contribution in [0.3, 0.4) is 0 Å². The molecule has 0 amide bonds. The maximum absolute atomic E-state index is 11.2. The predicted octanol–water partition coefficient (Wildman–Crippen LogP) is 1.56. The average Bonchev–Trinajstić information content (AvgIpc) is 1.97. The summed E-state index contributed by atoms with van der Waals surface area (Å²) in [7, 11) is 0. The molecule has 1 aliphatic heterocycles. The summed E-state index contributed by atoms with van der Waals surface area (Å²) in [4.78, 5) is 15.1. The van der Waals surface area contributed by atoms with Crippen LogP contribution in [0.15, 0.2) is 0 Å². The van der Waals surface area contributed by atoms with E-state index in [1.807, 2.05) is 27.7 Å². The fraction of sp³-hybridized carbons (Fsp3) is 0.900. The van der Waals surface area contributed by atoms with Crippen LogP contribution < -0.4 is 5.32 Å². The van der Waals surface area contributed by atoms with E-state index in [4.69, 9.17) is 5.26 Å². The molecule has 0 unspecified atom stereocenters. The van der Waals surface area contributed by atoms with E-state index in [9.17, 15) is 4.79 Å². The maximum Gasteiger partial charge on any atom is 0.345 e. The lowest BCUT2D eigenvalue weighted by atomic mass is 9.76. The molecule has 0 radical (unpaired) electrons. The summed E-state index contributed by atoms with van der Waals surface area (Å²) in [5.74, 6) is -0.737. The van der Waals surface area contributed by atoms with Crippen molar-refractivity contribution < 1.29 is 14.9 Å². The van der Waals surface area contributed by atoms with Gasteiger partial charge in [0.2, 0.25) is 0 Å². The van der Waals surface area contributed by atoms with Gasteiger partial charge in [-0.3, -0.25) is 0 Å². The molecule has 0 atom stereocenters. The van der Waals surface area contributed by atoms with Gasteiger partial charge in [0.05, 0.1) is 5.92 Å². The van der Waals surface area contributed by atoms with Gasteiger partial charge >= 0.3 is 5.97 Å². The first kappa shape index (κ1) is 11.5. The highest BCUT2D eigenvalue weighted by Crippen LogP contribution is 2.33. The second-order valence-corrected chi connectivity index (χ2v) is 5.41. The van der Waals surface area contributed by atoms with Crippen molar-refractivity contribution >= 4 is 5.97 Å². The lowest BCUT2D eigenvalue weighted by Gasteiger charge is -2.45. The van der Waals surface area contributed by atoms with Crippen molar-refractivity contribution in [1.82, 2.24) is 5.32 Å². The van der Waals surface area contributed by atoms with Crippen molar-refractivity contribution in [1.29, 1.82) is 0 Å². The summed E-state index contributed by atoms with van der Waals surface area (Å²) in [6.45, 7) is 8.19. The van der Waals surface area contributed by atoms with Crippen LogP contribution in [0.1, 0.15) is 40.5 Å². The number of carbonyl (C=O) groups excluding carboxylic acids is 1. The van der Waals surface area contributed by atoms with Gasteiger partial charge in [-0.2, -0.15) is 5.26 Å². The largest absolute Gasteiger partial charge is 0.345 e. The Balaban J connectivity index is 2.76. The van der Waals surface area contributed by atoms with Gasteiger partial charge in [-0.05, 0) is 40.5 Å². The van der Waals surface area contributed by atoms with Crippen molar-refractivity contribution in [3.8, 4) is 0 Å². The second-order valence-electron chi connectivity index (χ2n) is 5.41. The lowest BCUT2D eigenvalue weighted by Crippen LogP contribution is -2.58. The number of nitrogens with one attached hydrogen (secondary N) is 1. The Morgan fingerprint density at radius 1 is 1.29 bits per heavy atom. The van der Waals surface area contributed by atoms with E-state index in [1.54, 1.807) is 0 Å². The molecule has 4 nitrogen and oxygen atoms in total. The van der Waals surface area contributed by atoms with Crippen molar-refractivity contribution in [2.24, 2.45) is 5.92 Å². The standard InChI is InChI=1S/C10H19NO3/c1-9(2)5-7(8(12)14-13)6-10(3,4)11-9/h7,11,13H,5-6H2,1-4H3. The molecule has 0 aromatic heterocycles. The first-order valence-electron chi connectivity index (χ1n) is 4.90. The zero-order valence-electron chi connectivity index (χ0n) is 9.26. The van der Waals surface area contributed by atoms with Gasteiger partial charge in [0, 0.05) is 11.1 Å². The minimum absolute atomic E-state index is 0.0966. The van der Waals surface area contributed by atoms with E-state index in [2.05, 4.69) is 10.2 Å². The van der Waals surface area contributed by atoms with Crippen LogP contribution in [-0.4, -0.2) is 22.3 Å². The molecule has 4 heteroatoms. The summed E-state index contributed by atoms with van der Waals surface area (Å²) in [6, 6.07) is 0. The highest BCUT2D eigenvalue weighted by atomic mass is 17.1. The third-order valence-electron chi connectivity index (χ3n) is 2.61. The number of hydrogen-bond donors (Lipinski definition) is 2. The van der Waals surface area contributed by atoms with Crippen molar-refractivity contribution in [2.45, 2.75) is 51.6 Å². The highest BCUT2D eigenvalue weighted by molar-refractivity contribution is 5.72. The summed E-state index contributed by atoms with van der Waals surface area (Å²) in [6.07, 6.45) is 1.38. The summed E-state index contributed by atoms with van der Waals surface area (Å²) >= 11 is 0. The van der Waals surface area contributed by atoms with E-state index < -0.39 is 5.97 Å². The SMILES string of the molecule is CC1(C)CC(C(=O)OO)CC(C)(C)N1. The monoisotopic (exact) mass is 201 g/mol. The smallest absolute Gasteiger partial charge is 0.307 e. The van der Waals surface area contributed by atoms with Crippen LogP contribution in [0.25, 0.3) is 0 Å². The van der Waals surface area contributed by atoms with E-state index in [0.717, 1.165) is 0 Å². The van der Waals surface area contributed by atoms with Crippen LogP contribution in [0.2, 0.25) is 0 Å². The van der Waals surface area contributed by atoms with Crippen LogP contribution in [-0.2, 0) is 9.68 Å². The molecule has 2 N–H and O–H groups in total. The predicted molar refractivity (Wildman–Crippen MR) is 52.7 cm³/mol. The normalized spacial score (nSPS) is 25.8. The van der Waals surface area contributed by atoms with Gasteiger partial charge in [-0.25, -0.2) is 4.79 Å². The molecule has 0 spiro atoms. The van der Waals surface area contributed by atoms with Crippen molar-refractivity contribution in [3.63, 3.8) is 0 Å². The third-order valence-corrected chi connectivity index (χ3v) is 2.61. The van der Waals surface area contributed by atoms with E-state index >= 15 is 0 Å². The minimum Gasteiger partial charge on any atom is -0.307 e. The molecular weight excluding hydrogens is 182 g/mol. The Kier molecular flexibility index (Phi) is 2.88. The van der Waals surface area contributed by atoms with Gasteiger partial charge in [0.1, 0.15) is 0 Å². The van der Waals surface area contributed by atoms with Gasteiger partial charge in [-0.15, -0.1) is 0 Å². The fourth-order valence-corrected chi connectivity index (χ4v) is 2.56. The zero-order valence-corrected chi connectivity index (χ0v) is 9.26. The molecular formula is C10H19NO3. The summed E-state index contributed by atoms with van der Waals surface area (Å²) in [5.41, 5.74) is -0.193. The number of carbonyl (C=O) groups is 1. The second kappa shape index (κ2) is 3.51. The lowest BCUT2D eigenvalue weighted by molar-refractivity contribution is -0.241. The summed E-state index contributed by atoms with van der Waals surface area (Å²) < 4.78 is 0. The molecule has 0 aromatic rings. The molecule has 1 saturated heterocycles. The zero-order chi connectivity index (χ0) is 11.0. The van der Waals surface area contributed by atoms with Crippen molar-refractivity contribution in [2.75, 3.05) is 0 Å². The molecule has 82 valence electrons.